The number of carbonyl (C=O) groups is 1. The van der Waals surface area contributed by atoms with Gasteiger partial charge in [0.15, 0.2) is 0 Å². The molecule has 18 heavy (non-hydrogen) atoms. The van der Waals surface area contributed by atoms with Gasteiger partial charge in [0.05, 0.1) is 13.2 Å². The number of rotatable bonds is 6. The second-order valence-corrected chi connectivity index (χ2v) is 4.54. The number of amides is 1. The van der Waals surface area contributed by atoms with Crippen LogP contribution in [-0.4, -0.2) is 25.6 Å². The molecule has 0 aliphatic carbocycles. The smallest absolute Gasteiger partial charge is 0.236 e. The van der Waals surface area contributed by atoms with Crippen molar-refractivity contribution in [1.29, 1.82) is 0 Å². The molecule has 0 heterocycles. The molecule has 100 valence electrons. The number of nitrogens with one attached hydrogen (secondary N) is 1. The molecule has 0 fully saturated rings. The number of carbonyl (C=O) groups excluding carboxylic acids is 1. The van der Waals surface area contributed by atoms with Crippen molar-refractivity contribution in [3.63, 3.8) is 0 Å². The van der Waals surface area contributed by atoms with Crippen LogP contribution in [0.1, 0.15) is 31.7 Å². The topological polar surface area (TPSA) is 64.3 Å². The molecule has 0 saturated carbocycles. The molecule has 4 heteroatoms. The Morgan fingerprint density at radius 3 is 2.44 bits per heavy atom. The summed E-state index contributed by atoms with van der Waals surface area (Å²) in [5.41, 5.74) is 6.71. The van der Waals surface area contributed by atoms with Crippen LogP contribution in [0.25, 0.3) is 0 Å². The van der Waals surface area contributed by atoms with Gasteiger partial charge < -0.3 is 15.8 Å². The summed E-state index contributed by atoms with van der Waals surface area (Å²) in [7, 11) is 1.65. The molecule has 0 bridgehead atoms. The van der Waals surface area contributed by atoms with Gasteiger partial charge in [0, 0.05) is 6.54 Å². The zero-order valence-corrected chi connectivity index (χ0v) is 11.3. The van der Waals surface area contributed by atoms with Gasteiger partial charge in [0.25, 0.3) is 0 Å². The highest BCUT2D eigenvalue weighted by Crippen LogP contribution is 2.21. The first-order valence-corrected chi connectivity index (χ1v) is 6.22. The SMILES string of the molecule is COc1ccc(C(C)CCNC(=O)[C@H](C)N)cc1. The Labute approximate surface area is 109 Å². The van der Waals surface area contributed by atoms with Crippen LogP contribution in [0.5, 0.6) is 5.75 Å². The molecular formula is C14H22N2O2. The standard InChI is InChI=1S/C14H22N2O2/c1-10(8-9-16-14(17)11(2)15)12-4-6-13(18-3)7-5-12/h4-7,10-11H,8-9,15H2,1-3H3,(H,16,17)/t10?,11-/m0/s1. The third-order valence-corrected chi connectivity index (χ3v) is 2.97. The molecule has 0 aliphatic rings. The van der Waals surface area contributed by atoms with E-state index in [9.17, 15) is 4.79 Å². The summed E-state index contributed by atoms with van der Waals surface area (Å²) in [6.45, 7) is 4.47. The molecule has 0 aliphatic heterocycles. The zero-order chi connectivity index (χ0) is 13.5. The number of benzene rings is 1. The van der Waals surface area contributed by atoms with Crippen molar-refractivity contribution in [2.75, 3.05) is 13.7 Å². The van der Waals surface area contributed by atoms with Gasteiger partial charge in [-0.2, -0.15) is 0 Å². The fourth-order valence-electron chi connectivity index (χ4n) is 1.67. The van der Waals surface area contributed by atoms with Crippen molar-refractivity contribution < 1.29 is 9.53 Å². The van der Waals surface area contributed by atoms with E-state index < -0.39 is 6.04 Å². The first-order valence-electron chi connectivity index (χ1n) is 6.22. The van der Waals surface area contributed by atoms with Gasteiger partial charge in [-0.1, -0.05) is 19.1 Å². The summed E-state index contributed by atoms with van der Waals surface area (Å²) < 4.78 is 5.12. The maximum atomic E-state index is 11.3. The van der Waals surface area contributed by atoms with Gasteiger partial charge in [-0.15, -0.1) is 0 Å². The molecule has 0 radical (unpaired) electrons. The molecule has 1 amide bonds. The van der Waals surface area contributed by atoms with Crippen LogP contribution >= 0.6 is 0 Å². The van der Waals surface area contributed by atoms with Gasteiger partial charge >= 0.3 is 0 Å². The van der Waals surface area contributed by atoms with Crippen LogP contribution in [0.2, 0.25) is 0 Å². The van der Waals surface area contributed by atoms with Gasteiger partial charge in [-0.25, -0.2) is 0 Å². The average Bonchev–Trinajstić information content (AvgIpc) is 2.38. The van der Waals surface area contributed by atoms with E-state index in [0.717, 1.165) is 12.2 Å². The Morgan fingerprint density at radius 1 is 1.33 bits per heavy atom. The van der Waals surface area contributed by atoms with Gasteiger partial charge in [0.2, 0.25) is 5.91 Å². The fraction of sp³-hybridized carbons (Fsp3) is 0.500. The number of hydrogen-bond donors (Lipinski definition) is 2. The van der Waals surface area contributed by atoms with Crippen molar-refractivity contribution in [3.05, 3.63) is 29.8 Å². The van der Waals surface area contributed by atoms with E-state index in [0.29, 0.717) is 12.5 Å². The molecule has 1 unspecified atom stereocenters. The number of hydrogen-bond acceptors (Lipinski definition) is 3. The molecule has 0 spiro atoms. The minimum atomic E-state index is -0.443. The Kier molecular flexibility index (Phi) is 5.65. The van der Waals surface area contributed by atoms with Crippen molar-refractivity contribution in [2.24, 2.45) is 5.73 Å². The lowest BCUT2D eigenvalue weighted by Gasteiger charge is -2.13. The zero-order valence-electron chi connectivity index (χ0n) is 11.3. The molecule has 1 aromatic carbocycles. The molecule has 1 aromatic rings. The van der Waals surface area contributed by atoms with Crippen molar-refractivity contribution >= 4 is 5.91 Å². The number of methoxy groups -OCH3 is 1. The number of nitrogens with two attached hydrogens (primary N) is 1. The van der Waals surface area contributed by atoms with E-state index >= 15 is 0 Å². The highest BCUT2D eigenvalue weighted by molar-refractivity contribution is 5.80. The third kappa shape index (κ3) is 4.37. The van der Waals surface area contributed by atoms with Crippen molar-refractivity contribution in [2.45, 2.75) is 32.2 Å². The van der Waals surface area contributed by atoms with Crippen LogP contribution in [0.3, 0.4) is 0 Å². The summed E-state index contributed by atoms with van der Waals surface area (Å²) in [4.78, 5) is 11.3. The van der Waals surface area contributed by atoms with Crippen molar-refractivity contribution in [1.82, 2.24) is 5.32 Å². The normalized spacial score (nSPS) is 13.8. The lowest BCUT2D eigenvalue weighted by Crippen LogP contribution is -2.38. The first-order chi connectivity index (χ1) is 8.54. The van der Waals surface area contributed by atoms with Crippen LogP contribution < -0.4 is 15.8 Å². The average molecular weight is 250 g/mol. The summed E-state index contributed by atoms with van der Waals surface area (Å²) >= 11 is 0. The van der Waals surface area contributed by atoms with E-state index in [2.05, 4.69) is 24.4 Å². The highest BCUT2D eigenvalue weighted by Gasteiger charge is 2.09. The lowest BCUT2D eigenvalue weighted by molar-refractivity contribution is -0.121. The van der Waals surface area contributed by atoms with E-state index in [4.69, 9.17) is 10.5 Å². The third-order valence-electron chi connectivity index (χ3n) is 2.97. The Bertz CT molecular complexity index is 374. The molecule has 4 nitrogen and oxygen atoms in total. The molecule has 3 N–H and O–H groups in total. The molecule has 0 aromatic heterocycles. The molecule has 0 saturated heterocycles. The number of ether oxygens (including phenoxy) is 1. The Hall–Kier alpha value is -1.55. The van der Waals surface area contributed by atoms with Crippen LogP contribution in [0, 0.1) is 0 Å². The molecular weight excluding hydrogens is 228 g/mol. The first kappa shape index (κ1) is 14.5. The van der Waals surface area contributed by atoms with E-state index in [1.54, 1.807) is 14.0 Å². The van der Waals surface area contributed by atoms with Crippen LogP contribution in [0.15, 0.2) is 24.3 Å². The summed E-state index contributed by atoms with van der Waals surface area (Å²) in [5, 5.41) is 2.82. The molecule has 1 rings (SSSR count). The minimum Gasteiger partial charge on any atom is -0.497 e. The highest BCUT2D eigenvalue weighted by atomic mass is 16.5. The Morgan fingerprint density at radius 2 is 1.94 bits per heavy atom. The fourth-order valence-corrected chi connectivity index (χ4v) is 1.67. The van der Waals surface area contributed by atoms with Crippen LogP contribution in [-0.2, 0) is 4.79 Å². The van der Waals surface area contributed by atoms with Gasteiger partial charge in [-0.3, -0.25) is 4.79 Å². The van der Waals surface area contributed by atoms with Gasteiger partial charge in [-0.05, 0) is 37.0 Å². The maximum absolute atomic E-state index is 11.3. The summed E-state index contributed by atoms with van der Waals surface area (Å²) in [6, 6.07) is 7.56. The predicted octanol–water partition coefficient (Wildman–Crippen LogP) is 1.65. The molecule has 2 atom stereocenters. The quantitative estimate of drug-likeness (QED) is 0.807. The maximum Gasteiger partial charge on any atom is 0.236 e. The Balaban J connectivity index is 2.40. The lowest BCUT2D eigenvalue weighted by atomic mass is 9.98. The van der Waals surface area contributed by atoms with Crippen molar-refractivity contribution in [3.8, 4) is 5.75 Å². The largest absolute Gasteiger partial charge is 0.497 e. The van der Waals surface area contributed by atoms with E-state index in [1.807, 2.05) is 12.1 Å². The van der Waals surface area contributed by atoms with E-state index in [1.165, 1.54) is 5.56 Å². The van der Waals surface area contributed by atoms with E-state index in [-0.39, 0.29) is 5.91 Å². The predicted molar refractivity (Wildman–Crippen MR) is 72.7 cm³/mol. The second kappa shape index (κ2) is 7.01. The monoisotopic (exact) mass is 250 g/mol. The summed E-state index contributed by atoms with van der Waals surface area (Å²) in [6.07, 6.45) is 0.894. The van der Waals surface area contributed by atoms with Gasteiger partial charge in [0.1, 0.15) is 5.75 Å². The van der Waals surface area contributed by atoms with Crippen LogP contribution in [0.4, 0.5) is 0 Å². The summed E-state index contributed by atoms with van der Waals surface area (Å²) in [5.74, 6) is 1.15. The minimum absolute atomic E-state index is 0.100. The second-order valence-electron chi connectivity index (χ2n) is 4.54.